The second-order valence-corrected chi connectivity index (χ2v) is 4.90. The third-order valence-electron chi connectivity index (χ3n) is 3.50. The number of aliphatic imine (C=N–C) groups is 1. The third kappa shape index (κ3) is 5.59. The zero-order valence-electron chi connectivity index (χ0n) is 14.2. The quantitative estimate of drug-likeness (QED) is 0.411. The number of para-hydroxylation sites is 2. The molecule has 0 heterocycles. The van der Waals surface area contributed by atoms with Gasteiger partial charge in [0, 0.05) is 31.3 Å². The normalized spacial score (nSPS) is 9.46. The summed E-state index contributed by atoms with van der Waals surface area (Å²) in [7, 11) is 5.10. The molecule has 24 heavy (non-hydrogen) atoms. The lowest BCUT2D eigenvalue weighted by Crippen LogP contribution is -2.36. The minimum absolute atomic E-state index is 0. The van der Waals surface area contributed by atoms with E-state index in [2.05, 4.69) is 15.6 Å². The van der Waals surface area contributed by atoms with Crippen molar-refractivity contribution in [3.63, 3.8) is 0 Å². The fourth-order valence-corrected chi connectivity index (χ4v) is 2.28. The lowest BCUT2D eigenvalue weighted by atomic mass is 10.2. The fraction of sp³-hybridized carbons (Fsp3) is 0.278. The van der Waals surface area contributed by atoms with Crippen LogP contribution in [0.5, 0.6) is 11.5 Å². The van der Waals surface area contributed by atoms with E-state index in [-0.39, 0.29) is 24.0 Å². The maximum atomic E-state index is 5.35. The van der Waals surface area contributed by atoms with E-state index in [9.17, 15) is 0 Å². The van der Waals surface area contributed by atoms with Crippen LogP contribution < -0.4 is 20.1 Å². The van der Waals surface area contributed by atoms with Crippen molar-refractivity contribution in [1.82, 2.24) is 10.6 Å². The van der Waals surface area contributed by atoms with Gasteiger partial charge < -0.3 is 20.1 Å². The highest BCUT2D eigenvalue weighted by atomic mass is 127. The molecule has 130 valence electrons. The van der Waals surface area contributed by atoms with E-state index in [0.29, 0.717) is 13.1 Å². The number of methoxy groups -OCH3 is 2. The van der Waals surface area contributed by atoms with Crippen LogP contribution in [0.1, 0.15) is 11.1 Å². The first-order chi connectivity index (χ1) is 11.3. The summed E-state index contributed by atoms with van der Waals surface area (Å²) in [5, 5.41) is 6.57. The van der Waals surface area contributed by atoms with Gasteiger partial charge in [-0.1, -0.05) is 36.4 Å². The molecule has 0 spiro atoms. The number of rotatable bonds is 6. The summed E-state index contributed by atoms with van der Waals surface area (Å²) in [5.74, 6) is 2.45. The fourth-order valence-electron chi connectivity index (χ4n) is 2.28. The smallest absolute Gasteiger partial charge is 0.191 e. The summed E-state index contributed by atoms with van der Waals surface area (Å²) in [5.41, 5.74) is 2.16. The molecule has 0 amide bonds. The average molecular weight is 441 g/mol. The molecule has 0 unspecified atom stereocenters. The maximum absolute atomic E-state index is 5.35. The Kier molecular flexibility index (Phi) is 8.99. The van der Waals surface area contributed by atoms with E-state index in [0.717, 1.165) is 28.6 Å². The minimum atomic E-state index is 0. The van der Waals surface area contributed by atoms with Crippen molar-refractivity contribution in [2.24, 2.45) is 4.99 Å². The molecular weight excluding hydrogens is 417 g/mol. The van der Waals surface area contributed by atoms with Crippen molar-refractivity contribution in [3.05, 3.63) is 59.7 Å². The van der Waals surface area contributed by atoms with Gasteiger partial charge in [0.1, 0.15) is 11.5 Å². The second kappa shape index (κ2) is 10.7. The van der Waals surface area contributed by atoms with Crippen LogP contribution in [0.25, 0.3) is 0 Å². The number of hydrogen-bond acceptors (Lipinski definition) is 3. The first-order valence-electron chi connectivity index (χ1n) is 7.46. The van der Waals surface area contributed by atoms with Gasteiger partial charge in [-0.3, -0.25) is 4.99 Å². The van der Waals surface area contributed by atoms with Crippen molar-refractivity contribution in [1.29, 1.82) is 0 Å². The Morgan fingerprint density at radius 3 is 1.62 bits per heavy atom. The predicted octanol–water partition coefficient (Wildman–Crippen LogP) is 3.19. The summed E-state index contributed by atoms with van der Waals surface area (Å²) in [6.45, 7) is 1.27. The van der Waals surface area contributed by atoms with Crippen LogP contribution in [-0.4, -0.2) is 27.2 Å². The molecule has 0 aromatic heterocycles. The molecule has 0 atom stereocenters. The van der Waals surface area contributed by atoms with Crippen LogP contribution in [0.15, 0.2) is 53.5 Å². The molecule has 0 radical (unpaired) electrons. The second-order valence-electron chi connectivity index (χ2n) is 4.90. The molecule has 2 aromatic carbocycles. The van der Waals surface area contributed by atoms with Crippen LogP contribution in [0.3, 0.4) is 0 Å². The zero-order valence-corrected chi connectivity index (χ0v) is 16.5. The van der Waals surface area contributed by atoms with E-state index in [4.69, 9.17) is 9.47 Å². The van der Waals surface area contributed by atoms with Gasteiger partial charge in [0.05, 0.1) is 14.2 Å². The van der Waals surface area contributed by atoms with Crippen molar-refractivity contribution < 1.29 is 9.47 Å². The topological polar surface area (TPSA) is 54.9 Å². The number of nitrogens with zero attached hydrogens (tertiary/aromatic N) is 1. The summed E-state index contributed by atoms with van der Waals surface area (Å²) in [6.07, 6.45) is 0. The van der Waals surface area contributed by atoms with Crippen molar-refractivity contribution in [3.8, 4) is 11.5 Å². The third-order valence-corrected chi connectivity index (χ3v) is 3.50. The number of benzene rings is 2. The van der Waals surface area contributed by atoms with Gasteiger partial charge in [-0.15, -0.1) is 24.0 Å². The number of ether oxygens (including phenoxy) is 2. The van der Waals surface area contributed by atoms with Crippen molar-refractivity contribution in [2.45, 2.75) is 13.1 Å². The molecule has 2 aromatic rings. The van der Waals surface area contributed by atoms with Crippen LogP contribution in [0, 0.1) is 0 Å². The highest BCUT2D eigenvalue weighted by molar-refractivity contribution is 14.0. The minimum Gasteiger partial charge on any atom is -0.496 e. The molecule has 0 fully saturated rings. The van der Waals surface area contributed by atoms with Crippen molar-refractivity contribution >= 4 is 29.9 Å². The summed E-state index contributed by atoms with van der Waals surface area (Å²) < 4.78 is 10.7. The Morgan fingerprint density at radius 1 is 0.833 bits per heavy atom. The van der Waals surface area contributed by atoms with E-state index in [1.54, 1.807) is 21.3 Å². The molecule has 0 saturated heterocycles. The van der Waals surface area contributed by atoms with Crippen LogP contribution >= 0.6 is 24.0 Å². The van der Waals surface area contributed by atoms with Crippen LogP contribution in [0.4, 0.5) is 0 Å². The molecule has 0 aliphatic heterocycles. The van der Waals surface area contributed by atoms with E-state index in [1.165, 1.54) is 0 Å². The first kappa shape index (κ1) is 20.1. The Balaban J connectivity index is 0.00000288. The SMILES string of the molecule is CN=C(NCc1ccccc1OC)NCc1ccccc1OC.I. The molecule has 0 saturated carbocycles. The summed E-state index contributed by atoms with van der Waals surface area (Å²) in [6, 6.07) is 15.8. The van der Waals surface area contributed by atoms with Crippen LogP contribution in [-0.2, 0) is 13.1 Å². The van der Waals surface area contributed by atoms with Gasteiger partial charge in [0.25, 0.3) is 0 Å². The van der Waals surface area contributed by atoms with E-state index >= 15 is 0 Å². The standard InChI is InChI=1S/C18H23N3O2.HI/c1-19-18(20-12-14-8-4-6-10-16(14)22-2)21-13-15-9-5-7-11-17(15)23-3;/h4-11H,12-13H2,1-3H3,(H2,19,20,21);1H. The summed E-state index contributed by atoms with van der Waals surface area (Å²) >= 11 is 0. The summed E-state index contributed by atoms with van der Waals surface area (Å²) in [4.78, 5) is 4.24. The molecular formula is C18H24IN3O2. The average Bonchev–Trinajstić information content (AvgIpc) is 2.62. The Bertz CT molecular complexity index is 609. The Labute approximate surface area is 160 Å². The Hall–Kier alpha value is -1.96. The van der Waals surface area contributed by atoms with E-state index < -0.39 is 0 Å². The number of halogens is 1. The van der Waals surface area contributed by atoms with Gasteiger partial charge >= 0.3 is 0 Å². The molecule has 5 nitrogen and oxygen atoms in total. The van der Waals surface area contributed by atoms with Gasteiger partial charge in [0.15, 0.2) is 5.96 Å². The Morgan fingerprint density at radius 2 is 1.25 bits per heavy atom. The lowest BCUT2D eigenvalue weighted by molar-refractivity contribution is 0.408. The molecule has 2 N–H and O–H groups in total. The highest BCUT2D eigenvalue weighted by Crippen LogP contribution is 2.17. The molecule has 0 bridgehead atoms. The van der Waals surface area contributed by atoms with Gasteiger partial charge in [-0.2, -0.15) is 0 Å². The maximum Gasteiger partial charge on any atom is 0.191 e. The predicted molar refractivity (Wildman–Crippen MR) is 108 cm³/mol. The molecule has 2 rings (SSSR count). The largest absolute Gasteiger partial charge is 0.496 e. The molecule has 0 aliphatic carbocycles. The first-order valence-corrected chi connectivity index (χ1v) is 7.46. The number of guanidine groups is 1. The number of nitrogens with one attached hydrogen (secondary N) is 2. The van der Waals surface area contributed by atoms with Gasteiger partial charge in [0.2, 0.25) is 0 Å². The van der Waals surface area contributed by atoms with Gasteiger partial charge in [-0.05, 0) is 12.1 Å². The lowest BCUT2D eigenvalue weighted by Gasteiger charge is -2.15. The zero-order chi connectivity index (χ0) is 16.5. The molecule has 0 aliphatic rings. The van der Waals surface area contributed by atoms with Crippen molar-refractivity contribution in [2.75, 3.05) is 21.3 Å². The van der Waals surface area contributed by atoms with E-state index in [1.807, 2.05) is 48.5 Å². The highest BCUT2D eigenvalue weighted by Gasteiger charge is 2.05. The van der Waals surface area contributed by atoms with Gasteiger partial charge in [-0.25, -0.2) is 0 Å². The monoisotopic (exact) mass is 441 g/mol. The number of hydrogen-bond donors (Lipinski definition) is 2. The van der Waals surface area contributed by atoms with Crippen LogP contribution in [0.2, 0.25) is 0 Å². The molecule has 6 heteroatoms.